The first-order chi connectivity index (χ1) is 10.1. The van der Waals surface area contributed by atoms with E-state index in [1.165, 1.54) is 12.8 Å². The lowest BCUT2D eigenvalue weighted by Crippen LogP contribution is -2.44. The Kier molecular flexibility index (Phi) is 5.53. The zero-order chi connectivity index (χ0) is 15.2. The van der Waals surface area contributed by atoms with Crippen LogP contribution >= 0.6 is 0 Å². The number of nitrogens with one attached hydrogen (secondary N) is 2. The fourth-order valence-corrected chi connectivity index (χ4v) is 2.83. The van der Waals surface area contributed by atoms with E-state index in [0.717, 1.165) is 19.4 Å². The molecule has 1 aromatic rings. The predicted molar refractivity (Wildman–Crippen MR) is 84.2 cm³/mol. The van der Waals surface area contributed by atoms with Crippen molar-refractivity contribution in [3.63, 3.8) is 0 Å². The van der Waals surface area contributed by atoms with Crippen LogP contribution in [-0.2, 0) is 0 Å². The predicted octanol–water partition coefficient (Wildman–Crippen LogP) is 2.85. The van der Waals surface area contributed by atoms with E-state index >= 15 is 0 Å². The van der Waals surface area contributed by atoms with E-state index in [4.69, 9.17) is 0 Å². The molecule has 116 valence electrons. The first kappa shape index (κ1) is 15.7. The zero-order valence-electron chi connectivity index (χ0n) is 13.2. The van der Waals surface area contributed by atoms with Crippen molar-refractivity contribution in [2.75, 3.05) is 11.9 Å². The molecular weight excluding hydrogens is 264 g/mol. The summed E-state index contributed by atoms with van der Waals surface area (Å²) >= 11 is 0. The highest BCUT2D eigenvalue weighted by Crippen LogP contribution is 2.29. The molecule has 1 fully saturated rings. The molecule has 0 spiro atoms. The summed E-state index contributed by atoms with van der Waals surface area (Å²) < 4.78 is 0. The van der Waals surface area contributed by atoms with Crippen LogP contribution < -0.4 is 10.6 Å². The first-order valence-electron chi connectivity index (χ1n) is 8.00. The summed E-state index contributed by atoms with van der Waals surface area (Å²) in [5.74, 6) is 1.78. The molecule has 0 radical (unpaired) electrons. The molecule has 5 nitrogen and oxygen atoms in total. The summed E-state index contributed by atoms with van der Waals surface area (Å²) in [6.07, 6.45) is 4.52. The van der Waals surface area contributed by atoms with Gasteiger partial charge in [-0.1, -0.05) is 33.6 Å². The number of anilines is 1. The minimum Gasteiger partial charge on any atom is -0.369 e. The summed E-state index contributed by atoms with van der Waals surface area (Å²) in [7, 11) is 0. The molecular formula is C16H26N4O. The van der Waals surface area contributed by atoms with Gasteiger partial charge in [0.1, 0.15) is 5.82 Å². The quantitative estimate of drug-likeness (QED) is 0.875. The second kappa shape index (κ2) is 7.38. The standard InChI is InChI=1S/C16H26N4O/c1-4-10-17-15-9-8-14(19-20-15)16(21)18-13-7-5-6-11(2)12(13)3/h8-9,11-13H,4-7,10H2,1-3H3,(H,17,20)(H,18,21). The van der Waals surface area contributed by atoms with Crippen LogP contribution in [0, 0.1) is 11.8 Å². The van der Waals surface area contributed by atoms with E-state index in [-0.39, 0.29) is 11.9 Å². The maximum atomic E-state index is 12.3. The highest BCUT2D eigenvalue weighted by Gasteiger charge is 2.28. The maximum absolute atomic E-state index is 12.3. The van der Waals surface area contributed by atoms with Crippen molar-refractivity contribution < 1.29 is 4.79 Å². The van der Waals surface area contributed by atoms with Crippen molar-refractivity contribution in [2.45, 2.75) is 52.5 Å². The SMILES string of the molecule is CCCNc1ccc(C(=O)NC2CCCC(C)C2C)nn1. The summed E-state index contributed by atoms with van der Waals surface area (Å²) in [6.45, 7) is 7.43. The van der Waals surface area contributed by atoms with E-state index in [1.54, 1.807) is 6.07 Å². The average molecular weight is 290 g/mol. The van der Waals surface area contributed by atoms with Crippen LogP contribution in [0.1, 0.15) is 56.9 Å². The summed E-state index contributed by atoms with van der Waals surface area (Å²) in [4.78, 5) is 12.3. The molecule has 1 amide bonds. The summed E-state index contributed by atoms with van der Waals surface area (Å²) in [5, 5.41) is 14.3. The van der Waals surface area contributed by atoms with Gasteiger partial charge in [-0.25, -0.2) is 0 Å². The van der Waals surface area contributed by atoms with Gasteiger partial charge in [-0.3, -0.25) is 4.79 Å². The number of rotatable bonds is 5. The molecule has 5 heteroatoms. The zero-order valence-corrected chi connectivity index (χ0v) is 13.2. The normalized spacial score (nSPS) is 25.4. The number of nitrogens with zero attached hydrogens (tertiary/aromatic N) is 2. The Labute approximate surface area is 126 Å². The number of aromatic nitrogens is 2. The minimum atomic E-state index is -0.115. The van der Waals surface area contributed by atoms with E-state index in [2.05, 4.69) is 41.6 Å². The molecule has 3 atom stereocenters. The highest BCUT2D eigenvalue weighted by molar-refractivity contribution is 5.92. The summed E-state index contributed by atoms with van der Waals surface area (Å²) in [6, 6.07) is 3.79. The molecule has 0 aliphatic heterocycles. The van der Waals surface area contributed by atoms with Crippen molar-refractivity contribution in [1.82, 2.24) is 15.5 Å². The molecule has 0 bridgehead atoms. The molecule has 1 heterocycles. The number of carbonyl (C=O) groups is 1. The Balaban J connectivity index is 1.93. The monoisotopic (exact) mass is 290 g/mol. The van der Waals surface area contributed by atoms with Crippen LogP contribution in [0.4, 0.5) is 5.82 Å². The molecule has 2 rings (SSSR count). The molecule has 1 aliphatic carbocycles. The Morgan fingerprint density at radius 3 is 2.76 bits per heavy atom. The van der Waals surface area contributed by atoms with Gasteiger partial charge in [-0.15, -0.1) is 10.2 Å². The third kappa shape index (κ3) is 4.16. The Morgan fingerprint density at radius 1 is 1.29 bits per heavy atom. The van der Waals surface area contributed by atoms with Gasteiger partial charge in [0.15, 0.2) is 5.69 Å². The van der Waals surface area contributed by atoms with Gasteiger partial charge in [0.25, 0.3) is 5.91 Å². The summed E-state index contributed by atoms with van der Waals surface area (Å²) in [5.41, 5.74) is 0.391. The smallest absolute Gasteiger partial charge is 0.272 e. The van der Waals surface area contributed by atoms with Crippen molar-refractivity contribution in [2.24, 2.45) is 11.8 Å². The molecule has 3 unspecified atom stereocenters. The Hall–Kier alpha value is -1.65. The van der Waals surface area contributed by atoms with Crippen LogP contribution in [0.5, 0.6) is 0 Å². The van der Waals surface area contributed by atoms with Crippen molar-refractivity contribution in [3.05, 3.63) is 17.8 Å². The van der Waals surface area contributed by atoms with Gasteiger partial charge in [0.2, 0.25) is 0 Å². The van der Waals surface area contributed by atoms with E-state index < -0.39 is 0 Å². The second-order valence-electron chi connectivity index (χ2n) is 6.08. The van der Waals surface area contributed by atoms with Gasteiger partial charge in [-0.05, 0) is 36.8 Å². The molecule has 21 heavy (non-hydrogen) atoms. The fraction of sp³-hybridized carbons (Fsp3) is 0.688. The van der Waals surface area contributed by atoms with Gasteiger partial charge in [-0.2, -0.15) is 0 Å². The number of carbonyl (C=O) groups excluding carboxylic acids is 1. The number of hydrogen-bond acceptors (Lipinski definition) is 4. The molecule has 1 saturated carbocycles. The van der Waals surface area contributed by atoms with Gasteiger partial charge in [0.05, 0.1) is 0 Å². The van der Waals surface area contributed by atoms with Crippen LogP contribution in [0.15, 0.2) is 12.1 Å². The number of hydrogen-bond donors (Lipinski definition) is 2. The molecule has 1 aromatic heterocycles. The second-order valence-corrected chi connectivity index (χ2v) is 6.08. The van der Waals surface area contributed by atoms with Crippen molar-refractivity contribution >= 4 is 11.7 Å². The fourth-order valence-electron chi connectivity index (χ4n) is 2.83. The van der Waals surface area contributed by atoms with Crippen molar-refractivity contribution in [3.8, 4) is 0 Å². The molecule has 0 saturated heterocycles. The molecule has 1 aliphatic rings. The minimum absolute atomic E-state index is 0.115. The highest BCUT2D eigenvalue weighted by atomic mass is 16.2. The maximum Gasteiger partial charge on any atom is 0.272 e. The third-order valence-electron chi connectivity index (χ3n) is 4.48. The third-order valence-corrected chi connectivity index (χ3v) is 4.48. The largest absolute Gasteiger partial charge is 0.369 e. The van der Waals surface area contributed by atoms with Crippen LogP contribution in [0.2, 0.25) is 0 Å². The van der Waals surface area contributed by atoms with E-state index in [9.17, 15) is 4.79 Å². The topological polar surface area (TPSA) is 66.9 Å². The Bertz CT molecular complexity index is 460. The lowest BCUT2D eigenvalue weighted by atomic mass is 9.78. The lowest BCUT2D eigenvalue weighted by molar-refractivity contribution is 0.0885. The van der Waals surface area contributed by atoms with E-state index in [1.807, 2.05) is 6.07 Å². The van der Waals surface area contributed by atoms with Crippen molar-refractivity contribution in [1.29, 1.82) is 0 Å². The van der Waals surface area contributed by atoms with Gasteiger partial charge in [0, 0.05) is 12.6 Å². The Morgan fingerprint density at radius 2 is 2.10 bits per heavy atom. The van der Waals surface area contributed by atoms with Gasteiger partial charge >= 0.3 is 0 Å². The lowest BCUT2D eigenvalue weighted by Gasteiger charge is -2.34. The van der Waals surface area contributed by atoms with Crippen LogP contribution in [-0.4, -0.2) is 28.7 Å². The number of amides is 1. The first-order valence-corrected chi connectivity index (χ1v) is 8.00. The van der Waals surface area contributed by atoms with Crippen LogP contribution in [0.3, 0.4) is 0 Å². The van der Waals surface area contributed by atoms with Gasteiger partial charge < -0.3 is 10.6 Å². The molecule has 2 N–H and O–H groups in total. The average Bonchev–Trinajstić information content (AvgIpc) is 2.50. The van der Waals surface area contributed by atoms with E-state index in [0.29, 0.717) is 23.3 Å². The molecule has 0 aromatic carbocycles. The van der Waals surface area contributed by atoms with Crippen LogP contribution in [0.25, 0.3) is 0 Å².